The summed E-state index contributed by atoms with van der Waals surface area (Å²) in [5.74, 6) is 6.03. The van der Waals surface area contributed by atoms with Crippen molar-refractivity contribution < 1.29 is 0 Å². The number of rotatable bonds is 3. The van der Waals surface area contributed by atoms with Crippen LogP contribution in [0.25, 0.3) is 0 Å². The third-order valence-electron chi connectivity index (χ3n) is 2.05. The molecule has 0 aliphatic rings. The van der Waals surface area contributed by atoms with Crippen LogP contribution in [-0.4, -0.2) is 7.05 Å². The van der Waals surface area contributed by atoms with Crippen molar-refractivity contribution in [3.8, 4) is 11.8 Å². The fourth-order valence-electron chi connectivity index (χ4n) is 1.20. The van der Waals surface area contributed by atoms with E-state index in [4.69, 9.17) is 0 Å². The van der Waals surface area contributed by atoms with Gasteiger partial charge < -0.3 is 5.32 Å². The molecule has 1 aromatic heterocycles. The molecule has 1 heterocycles. The first-order valence-corrected chi connectivity index (χ1v) is 6.12. The summed E-state index contributed by atoms with van der Waals surface area (Å²) < 4.78 is 1.22. The summed E-state index contributed by atoms with van der Waals surface area (Å²) in [6.45, 7) is 3.99. The zero-order valence-electron chi connectivity index (χ0n) is 8.65. The van der Waals surface area contributed by atoms with Crippen molar-refractivity contribution in [1.82, 2.24) is 5.32 Å². The topological polar surface area (TPSA) is 12.0 Å². The smallest absolute Gasteiger partial charge is 0.0731 e. The van der Waals surface area contributed by atoms with Gasteiger partial charge >= 0.3 is 0 Å². The lowest BCUT2D eigenvalue weighted by Gasteiger charge is -2.09. The number of hydrogen-bond acceptors (Lipinski definition) is 2. The van der Waals surface area contributed by atoms with Crippen LogP contribution in [0.15, 0.2) is 9.85 Å². The van der Waals surface area contributed by atoms with Gasteiger partial charge in [0.1, 0.15) is 0 Å². The third-order valence-corrected chi connectivity index (χ3v) is 4.30. The quantitative estimate of drug-likeness (QED) is 0.830. The summed E-state index contributed by atoms with van der Waals surface area (Å²) >= 11 is 5.32. The zero-order valence-corrected chi connectivity index (χ0v) is 11.1. The van der Waals surface area contributed by atoms with Crippen LogP contribution in [-0.2, 0) is 0 Å². The minimum absolute atomic E-state index is 0.359. The van der Waals surface area contributed by atoms with Gasteiger partial charge in [-0.05, 0) is 48.5 Å². The van der Waals surface area contributed by atoms with Gasteiger partial charge in [-0.1, -0.05) is 0 Å². The second kappa shape index (κ2) is 5.55. The Hall–Kier alpha value is -0.300. The Morgan fingerprint density at radius 3 is 2.79 bits per heavy atom. The lowest BCUT2D eigenvalue weighted by Crippen LogP contribution is -2.14. The van der Waals surface area contributed by atoms with Crippen LogP contribution >= 0.6 is 27.3 Å². The van der Waals surface area contributed by atoms with Crippen molar-refractivity contribution in [3.05, 3.63) is 20.3 Å². The van der Waals surface area contributed by atoms with E-state index in [1.807, 2.05) is 14.0 Å². The lowest BCUT2D eigenvalue weighted by molar-refractivity contribution is 0.622. The Morgan fingerprint density at radius 1 is 1.64 bits per heavy atom. The van der Waals surface area contributed by atoms with Crippen LogP contribution in [0.3, 0.4) is 0 Å². The van der Waals surface area contributed by atoms with Gasteiger partial charge in [-0.15, -0.1) is 23.2 Å². The fraction of sp³-hybridized carbons (Fsp3) is 0.455. The number of aryl methyl sites for hydroxylation is 1. The molecule has 0 amide bonds. The van der Waals surface area contributed by atoms with Gasteiger partial charge in [0.05, 0.1) is 9.83 Å². The first kappa shape index (κ1) is 11.8. The van der Waals surface area contributed by atoms with E-state index in [2.05, 4.69) is 46.1 Å². The average molecular weight is 272 g/mol. The molecule has 0 spiro atoms. The zero-order chi connectivity index (χ0) is 10.6. The molecule has 1 aromatic rings. The molecular weight excluding hydrogens is 258 g/mol. The second-order valence-corrected chi connectivity index (χ2v) is 5.48. The summed E-state index contributed by atoms with van der Waals surface area (Å²) in [7, 11) is 1.98. The predicted octanol–water partition coefficient (Wildman–Crippen LogP) is 3.49. The van der Waals surface area contributed by atoms with Crippen molar-refractivity contribution in [1.29, 1.82) is 0 Å². The highest BCUT2D eigenvalue weighted by Gasteiger charge is 2.11. The summed E-state index contributed by atoms with van der Waals surface area (Å²) in [6, 6.07) is 2.57. The molecule has 1 unspecified atom stereocenters. The maximum Gasteiger partial charge on any atom is 0.0731 e. The Labute approximate surface area is 98.0 Å². The summed E-state index contributed by atoms with van der Waals surface area (Å²) in [4.78, 5) is 1.35. The van der Waals surface area contributed by atoms with Gasteiger partial charge in [0, 0.05) is 11.3 Å². The van der Waals surface area contributed by atoms with Crippen LogP contribution in [0.1, 0.15) is 29.8 Å². The van der Waals surface area contributed by atoms with Crippen molar-refractivity contribution in [2.45, 2.75) is 26.3 Å². The molecule has 1 nitrogen and oxygen atoms in total. The summed E-state index contributed by atoms with van der Waals surface area (Å²) in [6.07, 6.45) is 0.874. The number of thiophene rings is 1. The van der Waals surface area contributed by atoms with Gasteiger partial charge in [-0.2, -0.15) is 0 Å². The standard InChI is InChI=1S/C11H14BrNS/c1-4-5-6-9(13-3)10-7-8(2)11(12)14-10/h7,9,13H,6H2,1-3H3. The lowest BCUT2D eigenvalue weighted by atomic mass is 10.1. The molecule has 1 rings (SSSR count). The van der Waals surface area contributed by atoms with Gasteiger partial charge in [-0.25, -0.2) is 0 Å². The number of halogens is 1. The SMILES string of the molecule is CC#CCC(NC)c1cc(C)c(Br)s1. The van der Waals surface area contributed by atoms with Gasteiger partial charge in [-0.3, -0.25) is 0 Å². The number of hydrogen-bond donors (Lipinski definition) is 1. The molecule has 3 heteroatoms. The molecule has 14 heavy (non-hydrogen) atoms. The molecule has 0 saturated heterocycles. The Morgan fingerprint density at radius 2 is 2.36 bits per heavy atom. The molecule has 0 aliphatic carbocycles. The molecular formula is C11H14BrNS. The van der Waals surface area contributed by atoms with Crippen molar-refractivity contribution in [3.63, 3.8) is 0 Å². The van der Waals surface area contributed by atoms with E-state index in [0.29, 0.717) is 6.04 Å². The molecule has 1 N–H and O–H groups in total. The van der Waals surface area contributed by atoms with E-state index in [0.717, 1.165) is 6.42 Å². The number of nitrogens with one attached hydrogen (secondary N) is 1. The maximum absolute atomic E-state index is 3.54. The van der Waals surface area contributed by atoms with Crippen LogP contribution in [0, 0.1) is 18.8 Å². The first-order chi connectivity index (χ1) is 6.69. The monoisotopic (exact) mass is 271 g/mol. The van der Waals surface area contributed by atoms with Gasteiger partial charge in [0.2, 0.25) is 0 Å². The predicted molar refractivity (Wildman–Crippen MR) is 66.6 cm³/mol. The molecule has 0 saturated carbocycles. The third kappa shape index (κ3) is 2.84. The van der Waals surface area contributed by atoms with E-state index in [1.54, 1.807) is 11.3 Å². The highest BCUT2D eigenvalue weighted by atomic mass is 79.9. The van der Waals surface area contributed by atoms with E-state index in [9.17, 15) is 0 Å². The minimum atomic E-state index is 0.359. The molecule has 0 aliphatic heterocycles. The first-order valence-electron chi connectivity index (χ1n) is 4.51. The van der Waals surface area contributed by atoms with Crippen LogP contribution < -0.4 is 5.32 Å². The Kier molecular flexibility index (Phi) is 4.67. The fourth-order valence-corrected chi connectivity index (χ4v) is 2.89. The summed E-state index contributed by atoms with van der Waals surface area (Å²) in [5.41, 5.74) is 1.30. The largest absolute Gasteiger partial charge is 0.312 e. The van der Waals surface area contributed by atoms with Crippen molar-refractivity contribution in [2.24, 2.45) is 0 Å². The second-order valence-electron chi connectivity index (χ2n) is 3.08. The van der Waals surface area contributed by atoms with Crippen LogP contribution in [0.5, 0.6) is 0 Å². The highest BCUT2D eigenvalue weighted by Crippen LogP contribution is 2.32. The molecule has 0 fully saturated rings. The molecule has 0 radical (unpaired) electrons. The normalized spacial score (nSPS) is 12.0. The van der Waals surface area contributed by atoms with Crippen LogP contribution in [0.4, 0.5) is 0 Å². The van der Waals surface area contributed by atoms with Crippen molar-refractivity contribution >= 4 is 27.3 Å². The summed E-state index contributed by atoms with van der Waals surface area (Å²) in [5, 5.41) is 3.28. The van der Waals surface area contributed by atoms with Crippen molar-refractivity contribution in [2.75, 3.05) is 7.05 Å². The van der Waals surface area contributed by atoms with Gasteiger partial charge in [0.15, 0.2) is 0 Å². The Balaban J connectivity index is 2.81. The van der Waals surface area contributed by atoms with Crippen LogP contribution in [0.2, 0.25) is 0 Å². The maximum atomic E-state index is 3.54. The van der Waals surface area contributed by atoms with E-state index >= 15 is 0 Å². The Bertz CT molecular complexity index is 340. The molecule has 76 valence electrons. The van der Waals surface area contributed by atoms with E-state index < -0.39 is 0 Å². The molecule has 1 atom stereocenters. The average Bonchev–Trinajstić information content (AvgIpc) is 2.48. The van der Waals surface area contributed by atoms with E-state index in [1.165, 1.54) is 14.2 Å². The molecule has 0 aromatic carbocycles. The molecule has 0 bridgehead atoms. The highest BCUT2D eigenvalue weighted by molar-refractivity contribution is 9.11. The van der Waals surface area contributed by atoms with Gasteiger partial charge in [0.25, 0.3) is 0 Å². The van der Waals surface area contributed by atoms with E-state index in [-0.39, 0.29) is 0 Å². The minimum Gasteiger partial charge on any atom is -0.312 e.